The molecule has 2 fully saturated rings. The van der Waals surface area contributed by atoms with Crippen LogP contribution in [0, 0.1) is 36.3 Å². The minimum Gasteiger partial charge on any atom is -0.247 e. The lowest BCUT2D eigenvalue weighted by Crippen LogP contribution is -2.31. The summed E-state index contributed by atoms with van der Waals surface area (Å²) in [6, 6.07) is 2.68. The van der Waals surface area contributed by atoms with Crippen molar-refractivity contribution in [2.45, 2.75) is 83.7 Å². The third-order valence-corrected chi connectivity index (χ3v) is 6.80. The van der Waals surface area contributed by atoms with E-state index in [4.69, 9.17) is 0 Å². The molecule has 3 unspecified atom stereocenters. The molecule has 0 aromatic heterocycles. The predicted octanol–water partition coefficient (Wildman–Crippen LogP) is 7.10. The molecule has 2 saturated carbocycles. The molecule has 3 heteroatoms. The lowest BCUT2D eigenvalue weighted by atomic mass is 9.67. The van der Waals surface area contributed by atoms with E-state index in [0.29, 0.717) is 30.2 Å². The number of halogens is 3. The van der Waals surface area contributed by atoms with E-state index in [-0.39, 0.29) is 11.5 Å². The summed E-state index contributed by atoms with van der Waals surface area (Å²) in [6.07, 6.45) is 8.94. The number of hydrogen-bond donors (Lipinski definition) is 0. The van der Waals surface area contributed by atoms with Crippen LogP contribution >= 0.6 is 0 Å². The molecule has 3 rings (SSSR count). The lowest BCUT2D eigenvalue weighted by molar-refractivity contribution is 0.101. The smallest absolute Gasteiger partial charge is 0.129 e. The summed E-state index contributed by atoms with van der Waals surface area (Å²) >= 11 is 0. The van der Waals surface area contributed by atoms with Crippen molar-refractivity contribution in [3.8, 4) is 0 Å². The van der Waals surface area contributed by atoms with Crippen molar-refractivity contribution in [2.24, 2.45) is 17.8 Å². The first-order valence-electron chi connectivity index (χ1n) is 10.1. The predicted molar refractivity (Wildman–Crippen MR) is 96.4 cm³/mol. The molecule has 2 aliphatic carbocycles. The van der Waals surface area contributed by atoms with E-state index in [2.05, 4.69) is 6.92 Å². The van der Waals surface area contributed by atoms with Gasteiger partial charge in [-0.25, -0.2) is 13.2 Å². The molecule has 1 aromatic carbocycles. The summed E-state index contributed by atoms with van der Waals surface area (Å²) in [5.74, 6) is 0.513. The Kier molecular flexibility index (Phi) is 6.12. The first kappa shape index (κ1) is 18.8. The molecule has 0 N–H and O–H groups in total. The fourth-order valence-corrected chi connectivity index (χ4v) is 5.19. The van der Waals surface area contributed by atoms with E-state index < -0.39 is 17.8 Å². The minimum atomic E-state index is -0.978. The third-order valence-electron chi connectivity index (χ3n) is 6.80. The number of alkyl halides is 1. The maximum Gasteiger partial charge on any atom is 0.129 e. The van der Waals surface area contributed by atoms with E-state index in [1.54, 1.807) is 0 Å². The van der Waals surface area contributed by atoms with Crippen LogP contribution in [0.3, 0.4) is 0 Å². The van der Waals surface area contributed by atoms with Crippen LogP contribution < -0.4 is 0 Å². The average Bonchev–Trinajstić information content (AvgIpc) is 2.60. The van der Waals surface area contributed by atoms with Gasteiger partial charge in [-0.15, -0.1) is 0 Å². The molecule has 0 amide bonds. The van der Waals surface area contributed by atoms with Crippen LogP contribution in [0.5, 0.6) is 0 Å². The van der Waals surface area contributed by atoms with Crippen molar-refractivity contribution in [1.82, 2.24) is 0 Å². The first-order chi connectivity index (χ1) is 12.0. The third kappa shape index (κ3) is 4.23. The van der Waals surface area contributed by atoms with Gasteiger partial charge in [-0.3, -0.25) is 0 Å². The standard InChI is InChI=1S/C22H31F3/c1-3-4-15-5-7-16(8-6-15)17-9-10-19(22(25)11-17)18-12-20(23)14(2)21(24)13-18/h12-13,15-17,19,22H,3-11H2,1-2H3. The highest BCUT2D eigenvalue weighted by atomic mass is 19.1. The normalized spacial score (nSPS) is 33.4. The van der Waals surface area contributed by atoms with Crippen LogP contribution in [0.1, 0.15) is 81.8 Å². The van der Waals surface area contributed by atoms with Gasteiger partial charge in [-0.2, -0.15) is 0 Å². The highest BCUT2D eigenvalue weighted by molar-refractivity contribution is 5.29. The van der Waals surface area contributed by atoms with Gasteiger partial charge in [0, 0.05) is 11.5 Å². The van der Waals surface area contributed by atoms with E-state index in [1.807, 2.05) is 0 Å². The Balaban J connectivity index is 1.60. The zero-order valence-electron chi connectivity index (χ0n) is 15.5. The van der Waals surface area contributed by atoms with E-state index in [9.17, 15) is 13.2 Å². The van der Waals surface area contributed by atoms with Crippen molar-refractivity contribution in [2.75, 3.05) is 0 Å². The monoisotopic (exact) mass is 352 g/mol. The summed E-state index contributed by atoms with van der Waals surface area (Å²) in [5, 5.41) is 0. The molecule has 1 aromatic rings. The molecule has 0 spiro atoms. The molecule has 3 atom stereocenters. The Morgan fingerprint density at radius 3 is 2.08 bits per heavy atom. The summed E-state index contributed by atoms with van der Waals surface area (Å²) in [4.78, 5) is 0. The first-order valence-corrected chi connectivity index (χ1v) is 10.1. The van der Waals surface area contributed by atoms with Crippen LogP contribution in [0.4, 0.5) is 13.2 Å². The fraction of sp³-hybridized carbons (Fsp3) is 0.727. The topological polar surface area (TPSA) is 0 Å². The molecule has 0 radical (unpaired) electrons. The summed E-state index contributed by atoms with van der Waals surface area (Å²) in [7, 11) is 0. The minimum absolute atomic E-state index is 0.0247. The fourth-order valence-electron chi connectivity index (χ4n) is 5.19. The van der Waals surface area contributed by atoms with E-state index in [0.717, 1.165) is 12.3 Å². The second-order valence-electron chi connectivity index (χ2n) is 8.37. The molecule has 0 bridgehead atoms. The molecule has 0 aliphatic heterocycles. The largest absolute Gasteiger partial charge is 0.247 e. The van der Waals surface area contributed by atoms with Crippen LogP contribution in [0.15, 0.2) is 12.1 Å². The molecule has 140 valence electrons. The SMILES string of the molecule is CCCC1CCC(C2CCC(c3cc(F)c(C)c(F)c3)C(F)C2)CC1. The van der Waals surface area contributed by atoms with Gasteiger partial charge >= 0.3 is 0 Å². The lowest BCUT2D eigenvalue weighted by Gasteiger charge is -2.39. The van der Waals surface area contributed by atoms with Gasteiger partial charge in [0.2, 0.25) is 0 Å². The highest BCUT2D eigenvalue weighted by Gasteiger charge is 2.36. The van der Waals surface area contributed by atoms with Crippen LogP contribution in [0.2, 0.25) is 0 Å². The summed E-state index contributed by atoms with van der Waals surface area (Å²) in [6.45, 7) is 3.67. The molecule has 2 aliphatic rings. The van der Waals surface area contributed by atoms with Crippen molar-refractivity contribution in [3.63, 3.8) is 0 Å². The van der Waals surface area contributed by atoms with Gasteiger partial charge in [0.15, 0.2) is 0 Å². The number of hydrogen-bond acceptors (Lipinski definition) is 0. The second-order valence-corrected chi connectivity index (χ2v) is 8.37. The number of rotatable bonds is 4. The Morgan fingerprint density at radius 2 is 1.52 bits per heavy atom. The zero-order valence-corrected chi connectivity index (χ0v) is 15.5. The quantitative estimate of drug-likeness (QED) is 0.542. The van der Waals surface area contributed by atoms with Crippen LogP contribution in [-0.2, 0) is 0 Å². The molecule has 25 heavy (non-hydrogen) atoms. The van der Waals surface area contributed by atoms with Crippen molar-refractivity contribution in [1.29, 1.82) is 0 Å². The van der Waals surface area contributed by atoms with Gasteiger partial charge in [0.05, 0.1) is 0 Å². The molecule has 0 saturated heterocycles. The van der Waals surface area contributed by atoms with Gasteiger partial charge in [0.25, 0.3) is 0 Å². The van der Waals surface area contributed by atoms with Gasteiger partial charge in [-0.1, -0.05) is 32.6 Å². The van der Waals surface area contributed by atoms with E-state index in [1.165, 1.54) is 57.6 Å². The molecular weight excluding hydrogens is 321 g/mol. The second kappa shape index (κ2) is 8.14. The molecule has 0 nitrogen and oxygen atoms in total. The van der Waals surface area contributed by atoms with Crippen molar-refractivity contribution >= 4 is 0 Å². The van der Waals surface area contributed by atoms with Gasteiger partial charge in [0.1, 0.15) is 17.8 Å². The average molecular weight is 352 g/mol. The van der Waals surface area contributed by atoms with Crippen molar-refractivity contribution < 1.29 is 13.2 Å². The van der Waals surface area contributed by atoms with Gasteiger partial charge < -0.3 is 0 Å². The summed E-state index contributed by atoms with van der Waals surface area (Å²) < 4.78 is 42.5. The van der Waals surface area contributed by atoms with Gasteiger partial charge in [-0.05, 0) is 74.5 Å². The van der Waals surface area contributed by atoms with E-state index >= 15 is 0 Å². The van der Waals surface area contributed by atoms with Crippen LogP contribution in [-0.4, -0.2) is 6.17 Å². The Hall–Kier alpha value is -0.990. The highest BCUT2D eigenvalue weighted by Crippen LogP contribution is 2.45. The Labute approximate surface area is 150 Å². The van der Waals surface area contributed by atoms with Crippen molar-refractivity contribution in [3.05, 3.63) is 34.9 Å². The zero-order chi connectivity index (χ0) is 18.0. The summed E-state index contributed by atoms with van der Waals surface area (Å²) in [5.41, 5.74) is 0.523. The maximum absolute atomic E-state index is 14.9. The Morgan fingerprint density at radius 1 is 0.920 bits per heavy atom. The maximum atomic E-state index is 14.9. The van der Waals surface area contributed by atoms with Crippen LogP contribution in [0.25, 0.3) is 0 Å². The Bertz CT molecular complexity index is 552. The number of benzene rings is 1. The molecule has 0 heterocycles. The molecular formula is C22H31F3.